The maximum absolute atomic E-state index is 12.6. The molecule has 0 spiro atoms. The minimum Gasteiger partial charge on any atom is -0.506 e. The standard InChI is InChI=1S/C17H9Br2Cl2NO3S/c18-10-3-9(15(23)12(19)5-10)4-14-16(24)22(17(25)26-14)7-8-1-2-11(20)6-13(8)21/h1-6,23H,7H2/b14-4-. The van der Waals surface area contributed by atoms with Crippen LogP contribution in [-0.2, 0) is 11.3 Å². The first-order valence-electron chi connectivity index (χ1n) is 7.13. The highest BCUT2D eigenvalue weighted by atomic mass is 79.9. The molecule has 134 valence electrons. The fourth-order valence-electron chi connectivity index (χ4n) is 2.29. The maximum Gasteiger partial charge on any atom is 0.293 e. The van der Waals surface area contributed by atoms with Crippen molar-refractivity contribution in [1.29, 1.82) is 0 Å². The molecule has 4 nitrogen and oxygen atoms in total. The zero-order valence-electron chi connectivity index (χ0n) is 12.8. The second-order valence-electron chi connectivity index (χ2n) is 5.33. The van der Waals surface area contributed by atoms with Crippen LogP contribution in [0.4, 0.5) is 4.79 Å². The number of nitrogens with zero attached hydrogens (tertiary/aromatic N) is 1. The van der Waals surface area contributed by atoms with Gasteiger partial charge in [-0.05, 0) is 63.6 Å². The predicted octanol–water partition coefficient (Wildman–Crippen LogP) is 6.46. The number of benzene rings is 2. The lowest BCUT2D eigenvalue weighted by atomic mass is 10.1. The first-order valence-corrected chi connectivity index (χ1v) is 10.3. The van der Waals surface area contributed by atoms with Gasteiger partial charge in [-0.2, -0.15) is 0 Å². The number of rotatable bonds is 3. The Morgan fingerprint density at radius 2 is 1.88 bits per heavy atom. The van der Waals surface area contributed by atoms with Crippen LogP contribution in [0.5, 0.6) is 5.75 Å². The van der Waals surface area contributed by atoms with Crippen molar-refractivity contribution in [1.82, 2.24) is 4.90 Å². The summed E-state index contributed by atoms with van der Waals surface area (Å²) in [6.45, 7) is 0.0478. The minimum absolute atomic E-state index is 0.0132. The first-order chi connectivity index (χ1) is 12.3. The molecule has 1 N–H and O–H groups in total. The van der Waals surface area contributed by atoms with Crippen molar-refractivity contribution < 1.29 is 14.7 Å². The summed E-state index contributed by atoms with van der Waals surface area (Å²) < 4.78 is 1.20. The van der Waals surface area contributed by atoms with Crippen molar-refractivity contribution in [3.63, 3.8) is 0 Å². The van der Waals surface area contributed by atoms with Crippen LogP contribution >= 0.6 is 66.8 Å². The monoisotopic (exact) mass is 535 g/mol. The van der Waals surface area contributed by atoms with Gasteiger partial charge in [0, 0.05) is 20.1 Å². The van der Waals surface area contributed by atoms with Crippen molar-refractivity contribution in [2.45, 2.75) is 6.54 Å². The molecule has 2 amide bonds. The Hall–Kier alpha value is -0.990. The van der Waals surface area contributed by atoms with E-state index in [1.807, 2.05) is 0 Å². The molecule has 1 aliphatic heterocycles. The maximum atomic E-state index is 12.6. The minimum atomic E-state index is -0.443. The summed E-state index contributed by atoms with van der Waals surface area (Å²) in [6.07, 6.45) is 1.49. The quantitative estimate of drug-likeness (QED) is 0.456. The van der Waals surface area contributed by atoms with E-state index in [0.717, 1.165) is 21.1 Å². The molecule has 9 heteroatoms. The third kappa shape index (κ3) is 4.12. The first kappa shape index (κ1) is 19.8. The highest BCUT2D eigenvalue weighted by Crippen LogP contribution is 2.38. The summed E-state index contributed by atoms with van der Waals surface area (Å²) >= 11 is 19.4. The Bertz CT molecular complexity index is 965. The number of hydrogen-bond donors (Lipinski definition) is 1. The summed E-state index contributed by atoms with van der Waals surface area (Å²) in [5.41, 5.74) is 1.04. The van der Waals surface area contributed by atoms with E-state index >= 15 is 0 Å². The molecule has 0 bridgehead atoms. The van der Waals surface area contributed by atoms with E-state index in [1.165, 1.54) is 6.08 Å². The van der Waals surface area contributed by atoms with Gasteiger partial charge in [0.05, 0.1) is 15.9 Å². The van der Waals surface area contributed by atoms with Crippen LogP contribution < -0.4 is 0 Å². The summed E-state index contributed by atoms with van der Waals surface area (Å²) in [6, 6.07) is 8.22. The van der Waals surface area contributed by atoms with Crippen LogP contribution in [0.3, 0.4) is 0 Å². The molecule has 0 atom stereocenters. The number of amides is 2. The Kier molecular flexibility index (Phi) is 6.04. The van der Waals surface area contributed by atoms with Gasteiger partial charge < -0.3 is 5.11 Å². The highest BCUT2D eigenvalue weighted by molar-refractivity contribution is 9.11. The molecular weight excluding hydrogens is 529 g/mol. The van der Waals surface area contributed by atoms with Gasteiger partial charge in [0.1, 0.15) is 5.75 Å². The third-order valence-corrected chi connectivity index (χ3v) is 6.12. The Morgan fingerprint density at radius 1 is 1.15 bits per heavy atom. The molecule has 1 fully saturated rings. The zero-order valence-corrected chi connectivity index (χ0v) is 18.3. The smallest absolute Gasteiger partial charge is 0.293 e. The molecular formula is C17H9Br2Cl2NO3S. The van der Waals surface area contributed by atoms with Gasteiger partial charge in [-0.15, -0.1) is 0 Å². The summed E-state index contributed by atoms with van der Waals surface area (Å²) in [5, 5.41) is 10.6. The topological polar surface area (TPSA) is 57.6 Å². The van der Waals surface area contributed by atoms with Crippen molar-refractivity contribution in [3.8, 4) is 5.75 Å². The van der Waals surface area contributed by atoms with Gasteiger partial charge >= 0.3 is 0 Å². The number of phenols is 1. The Morgan fingerprint density at radius 3 is 2.58 bits per heavy atom. The molecule has 2 aromatic carbocycles. The van der Waals surface area contributed by atoms with Gasteiger partial charge in [-0.25, -0.2) is 0 Å². The fraction of sp³-hybridized carbons (Fsp3) is 0.0588. The summed E-state index contributed by atoms with van der Waals surface area (Å²) in [5.74, 6) is -0.456. The van der Waals surface area contributed by atoms with E-state index in [2.05, 4.69) is 31.9 Å². The van der Waals surface area contributed by atoms with Gasteiger partial charge in [0.2, 0.25) is 0 Å². The molecule has 0 unspecified atom stereocenters. The fourth-order valence-corrected chi connectivity index (χ4v) is 4.85. The van der Waals surface area contributed by atoms with Gasteiger partial charge in [-0.1, -0.05) is 45.2 Å². The van der Waals surface area contributed by atoms with Crippen LogP contribution in [0.1, 0.15) is 11.1 Å². The third-order valence-electron chi connectivity index (χ3n) is 3.56. The van der Waals surface area contributed by atoms with Gasteiger partial charge in [0.25, 0.3) is 11.1 Å². The average Bonchev–Trinajstić information content (AvgIpc) is 2.82. The van der Waals surface area contributed by atoms with Crippen molar-refractivity contribution in [2.24, 2.45) is 0 Å². The molecule has 1 aliphatic rings. The molecule has 0 saturated carbocycles. The molecule has 0 aromatic heterocycles. The van der Waals surface area contributed by atoms with E-state index in [0.29, 0.717) is 25.6 Å². The molecule has 0 radical (unpaired) electrons. The molecule has 26 heavy (non-hydrogen) atoms. The molecule has 1 saturated heterocycles. The van der Waals surface area contributed by atoms with Crippen molar-refractivity contribution in [3.05, 3.63) is 65.4 Å². The SMILES string of the molecule is O=C1S/C(=C\c2cc(Br)cc(Br)c2O)C(=O)N1Cc1ccc(Cl)cc1Cl. The normalized spacial score (nSPS) is 16.0. The Labute approximate surface area is 180 Å². The lowest BCUT2D eigenvalue weighted by molar-refractivity contribution is -0.123. The van der Waals surface area contributed by atoms with Gasteiger partial charge in [0.15, 0.2) is 0 Å². The second-order valence-corrected chi connectivity index (χ2v) is 8.94. The van der Waals surface area contributed by atoms with E-state index in [-0.39, 0.29) is 17.2 Å². The van der Waals surface area contributed by atoms with Crippen LogP contribution in [-0.4, -0.2) is 21.2 Å². The van der Waals surface area contributed by atoms with Crippen molar-refractivity contribution in [2.75, 3.05) is 0 Å². The summed E-state index contributed by atoms with van der Waals surface area (Å²) in [4.78, 5) is 26.2. The molecule has 1 heterocycles. The lowest BCUT2D eigenvalue weighted by Gasteiger charge is -2.13. The van der Waals surface area contributed by atoms with E-state index in [1.54, 1.807) is 30.3 Å². The second kappa shape index (κ2) is 7.94. The number of imide groups is 1. The van der Waals surface area contributed by atoms with Crippen LogP contribution in [0, 0.1) is 0 Å². The van der Waals surface area contributed by atoms with E-state index in [9.17, 15) is 14.7 Å². The van der Waals surface area contributed by atoms with Crippen LogP contribution in [0.15, 0.2) is 44.2 Å². The highest BCUT2D eigenvalue weighted by Gasteiger charge is 2.35. The number of phenolic OH excluding ortho intramolecular Hbond substituents is 1. The van der Waals surface area contributed by atoms with Crippen LogP contribution in [0.2, 0.25) is 10.0 Å². The van der Waals surface area contributed by atoms with Crippen LogP contribution in [0.25, 0.3) is 6.08 Å². The number of carbonyl (C=O) groups excluding carboxylic acids is 2. The number of thioether (sulfide) groups is 1. The van der Waals surface area contributed by atoms with Crippen molar-refractivity contribution >= 4 is 84.0 Å². The zero-order chi connectivity index (χ0) is 19.0. The number of hydrogen-bond acceptors (Lipinski definition) is 4. The van der Waals surface area contributed by atoms with E-state index in [4.69, 9.17) is 23.2 Å². The molecule has 0 aliphatic carbocycles. The number of halogens is 4. The number of carbonyl (C=O) groups is 2. The lowest BCUT2D eigenvalue weighted by Crippen LogP contribution is -2.27. The predicted molar refractivity (Wildman–Crippen MR) is 111 cm³/mol. The Balaban J connectivity index is 1.89. The van der Waals surface area contributed by atoms with Gasteiger partial charge in [-0.3, -0.25) is 14.5 Å². The van der Waals surface area contributed by atoms with E-state index < -0.39 is 11.1 Å². The number of aromatic hydroxyl groups is 1. The largest absolute Gasteiger partial charge is 0.506 e. The molecule has 3 rings (SSSR count). The molecule has 2 aromatic rings. The average molecular weight is 538 g/mol. The summed E-state index contributed by atoms with van der Waals surface area (Å²) in [7, 11) is 0.